The van der Waals surface area contributed by atoms with Crippen molar-refractivity contribution in [1.82, 2.24) is 4.90 Å². The second-order valence-corrected chi connectivity index (χ2v) is 4.90. The maximum Gasteiger partial charge on any atom is 0.219 e. The number of nitrogens with zero attached hydrogens (tertiary/aromatic N) is 1. The van der Waals surface area contributed by atoms with E-state index in [1.54, 1.807) is 6.92 Å². The SMILES string of the molecule is CC(=O)N(CCOc1ccccc1)CCc1ccccc1. The number of para-hydroxylation sites is 1. The van der Waals surface area contributed by atoms with E-state index in [4.69, 9.17) is 4.74 Å². The molecular weight excluding hydrogens is 262 g/mol. The molecule has 0 unspecified atom stereocenters. The first-order valence-corrected chi connectivity index (χ1v) is 7.23. The molecule has 0 saturated carbocycles. The zero-order valence-corrected chi connectivity index (χ0v) is 12.4. The topological polar surface area (TPSA) is 29.5 Å². The number of amides is 1. The van der Waals surface area contributed by atoms with E-state index in [1.807, 2.05) is 53.4 Å². The van der Waals surface area contributed by atoms with Crippen LogP contribution in [0.25, 0.3) is 0 Å². The summed E-state index contributed by atoms with van der Waals surface area (Å²) in [4.78, 5) is 13.5. The minimum atomic E-state index is 0.0857. The molecule has 0 bridgehead atoms. The highest BCUT2D eigenvalue weighted by molar-refractivity contribution is 5.73. The summed E-state index contributed by atoms with van der Waals surface area (Å²) in [6.07, 6.45) is 0.867. The number of carbonyl (C=O) groups excluding carboxylic acids is 1. The number of ether oxygens (including phenoxy) is 1. The van der Waals surface area contributed by atoms with Gasteiger partial charge in [-0.2, -0.15) is 0 Å². The minimum absolute atomic E-state index is 0.0857. The van der Waals surface area contributed by atoms with Crippen molar-refractivity contribution >= 4 is 5.91 Å². The van der Waals surface area contributed by atoms with Crippen molar-refractivity contribution < 1.29 is 9.53 Å². The number of hydrogen-bond donors (Lipinski definition) is 0. The largest absolute Gasteiger partial charge is 0.492 e. The first-order valence-electron chi connectivity index (χ1n) is 7.23. The van der Waals surface area contributed by atoms with E-state index in [0.29, 0.717) is 13.2 Å². The Morgan fingerprint density at radius 1 is 0.952 bits per heavy atom. The Morgan fingerprint density at radius 3 is 2.19 bits per heavy atom. The molecule has 2 aromatic carbocycles. The average molecular weight is 283 g/mol. The van der Waals surface area contributed by atoms with Gasteiger partial charge in [-0.3, -0.25) is 4.79 Å². The van der Waals surface area contributed by atoms with E-state index in [0.717, 1.165) is 18.7 Å². The molecule has 21 heavy (non-hydrogen) atoms. The molecule has 0 fully saturated rings. The fourth-order valence-corrected chi connectivity index (χ4v) is 2.13. The van der Waals surface area contributed by atoms with Crippen LogP contribution in [0.2, 0.25) is 0 Å². The van der Waals surface area contributed by atoms with Crippen LogP contribution in [0.3, 0.4) is 0 Å². The molecular formula is C18H21NO2. The van der Waals surface area contributed by atoms with Crippen LogP contribution in [-0.2, 0) is 11.2 Å². The first kappa shape index (κ1) is 15.1. The Morgan fingerprint density at radius 2 is 1.57 bits per heavy atom. The highest BCUT2D eigenvalue weighted by atomic mass is 16.5. The summed E-state index contributed by atoms with van der Waals surface area (Å²) in [5.41, 5.74) is 1.24. The maximum atomic E-state index is 11.7. The smallest absolute Gasteiger partial charge is 0.219 e. The molecule has 3 nitrogen and oxygen atoms in total. The molecule has 0 aromatic heterocycles. The van der Waals surface area contributed by atoms with Gasteiger partial charge in [-0.1, -0.05) is 48.5 Å². The van der Waals surface area contributed by atoms with Crippen molar-refractivity contribution in [2.45, 2.75) is 13.3 Å². The molecule has 0 atom stereocenters. The normalized spacial score (nSPS) is 10.1. The molecule has 0 aliphatic heterocycles. The molecule has 3 heteroatoms. The van der Waals surface area contributed by atoms with Crippen molar-refractivity contribution in [3.63, 3.8) is 0 Å². The molecule has 0 saturated heterocycles. The second kappa shape index (κ2) is 8.10. The zero-order chi connectivity index (χ0) is 14.9. The van der Waals surface area contributed by atoms with Gasteiger partial charge < -0.3 is 9.64 Å². The van der Waals surface area contributed by atoms with Gasteiger partial charge in [-0.25, -0.2) is 0 Å². The van der Waals surface area contributed by atoms with Crippen molar-refractivity contribution in [1.29, 1.82) is 0 Å². The lowest BCUT2D eigenvalue weighted by Gasteiger charge is -2.21. The summed E-state index contributed by atoms with van der Waals surface area (Å²) in [6, 6.07) is 19.9. The van der Waals surface area contributed by atoms with Gasteiger partial charge in [0, 0.05) is 13.5 Å². The minimum Gasteiger partial charge on any atom is -0.492 e. The second-order valence-electron chi connectivity index (χ2n) is 4.90. The molecule has 0 aliphatic carbocycles. The van der Waals surface area contributed by atoms with Gasteiger partial charge >= 0.3 is 0 Å². The van der Waals surface area contributed by atoms with E-state index < -0.39 is 0 Å². The van der Waals surface area contributed by atoms with Crippen molar-refractivity contribution in [3.05, 3.63) is 66.2 Å². The van der Waals surface area contributed by atoms with Crippen LogP contribution in [0, 0.1) is 0 Å². The van der Waals surface area contributed by atoms with Crippen molar-refractivity contribution in [2.75, 3.05) is 19.7 Å². The Balaban J connectivity index is 1.78. The number of hydrogen-bond acceptors (Lipinski definition) is 2. The third-order valence-corrected chi connectivity index (χ3v) is 3.33. The van der Waals surface area contributed by atoms with Crippen LogP contribution in [-0.4, -0.2) is 30.5 Å². The van der Waals surface area contributed by atoms with E-state index >= 15 is 0 Å². The van der Waals surface area contributed by atoms with Crippen LogP contribution in [0.5, 0.6) is 5.75 Å². The summed E-state index contributed by atoms with van der Waals surface area (Å²) in [7, 11) is 0. The van der Waals surface area contributed by atoms with Crippen LogP contribution >= 0.6 is 0 Å². The lowest BCUT2D eigenvalue weighted by Crippen LogP contribution is -2.34. The van der Waals surface area contributed by atoms with Crippen LogP contribution in [0.1, 0.15) is 12.5 Å². The van der Waals surface area contributed by atoms with Gasteiger partial charge in [0.15, 0.2) is 0 Å². The number of rotatable bonds is 7. The number of benzene rings is 2. The van der Waals surface area contributed by atoms with E-state index in [9.17, 15) is 4.79 Å². The van der Waals surface area contributed by atoms with E-state index in [2.05, 4.69) is 12.1 Å². The predicted molar refractivity (Wildman–Crippen MR) is 84.3 cm³/mol. The Kier molecular flexibility index (Phi) is 5.83. The molecule has 0 N–H and O–H groups in total. The third-order valence-electron chi connectivity index (χ3n) is 3.33. The van der Waals surface area contributed by atoms with E-state index in [1.165, 1.54) is 5.56 Å². The van der Waals surface area contributed by atoms with Gasteiger partial charge in [-0.15, -0.1) is 0 Å². The average Bonchev–Trinajstić information content (AvgIpc) is 2.52. The lowest BCUT2D eigenvalue weighted by atomic mass is 10.1. The number of carbonyl (C=O) groups is 1. The zero-order valence-electron chi connectivity index (χ0n) is 12.4. The Hall–Kier alpha value is -2.29. The molecule has 0 heterocycles. The van der Waals surface area contributed by atoms with Crippen molar-refractivity contribution in [3.8, 4) is 5.75 Å². The summed E-state index contributed by atoms with van der Waals surface area (Å²) in [6.45, 7) is 3.44. The first-order chi connectivity index (χ1) is 10.3. The monoisotopic (exact) mass is 283 g/mol. The Bertz CT molecular complexity index is 540. The highest BCUT2D eigenvalue weighted by Crippen LogP contribution is 2.08. The quantitative estimate of drug-likeness (QED) is 0.781. The highest BCUT2D eigenvalue weighted by Gasteiger charge is 2.08. The fraction of sp³-hybridized carbons (Fsp3) is 0.278. The molecule has 110 valence electrons. The third kappa shape index (κ3) is 5.30. The summed E-state index contributed by atoms with van der Waals surface area (Å²) >= 11 is 0. The summed E-state index contributed by atoms with van der Waals surface area (Å²) in [5, 5.41) is 0. The molecule has 0 aliphatic rings. The Labute approximate surface area is 126 Å². The van der Waals surface area contributed by atoms with Crippen LogP contribution < -0.4 is 4.74 Å². The van der Waals surface area contributed by atoms with Gasteiger partial charge in [0.2, 0.25) is 5.91 Å². The maximum absolute atomic E-state index is 11.7. The van der Waals surface area contributed by atoms with Crippen LogP contribution in [0.4, 0.5) is 0 Å². The van der Waals surface area contributed by atoms with Gasteiger partial charge in [0.1, 0.15) is 12.4 Å². The lowest BCUT2D eigenvalue weighted by molar-refractivity contribution is -0.129. The molecule has 2 rings (SSSR count). The van der Waals surface area contributed by atoms with Gasteiger partial charge in [-0.05, 0) is 24.1 Å². The molecule has 1 amide bonds. The van der Waals surface area contributed by atoms with Crippen molar-refractivity contribution in [2.24, 2.45) is 0 Å². The molecule has 2 aromatic rings. The predicted octanol–water partition coefficient (Wildman–Crippen LogP) is 3.16. The van der Waals surface area contributed by atoms with E-state index in [-0.39, 0.29) is 5.91 Å². The fourth-order valence-electron chi connectivity index (χ4n) is 2.13. The molecule has 0 spiro atoms. The van der Waals surface area contributed by atoms with Gasteiger partial charge in [0.05, 0.1) is 6.54 Å². The van der Waals surface area contributed by atoms with Gasteiger partial charge in [0.25, 0.3) is 0 Å². The summed E-state index contributed by atoms with van der Waals surface area (Å²) in [5.74, 6) is 0.923. The summed E-state index contributed by atoms with van der Waals surface area (Å²) < 4.78 is 5.64. The van der Waals surface area contributed by atoms with Crippen LogP contribution in [0.15, 0.2) is 60.7 Å². The molecule has 0 radical (unpaired) electrons. The standard InChI is InChI=1S/C18H21NO2/c1-16(20)19(13-12-17-8-4-2-5-9-17)14-15-21-18-10-6-3-7-11-18/h2-11H,12-15H2,1H3.